The third kappa shape index (κ3) is 4.12. The van der Waals surface area contributed by atoms with Crippen LogP contribution >= 0.6 is 0 Å². The number of aromatic amines is 1. The van der Waals surface area contributed by atoms with Crippen molar-refractivity contribution in [2.45, 2.75) is 38.6 Å². The van der Waals surface area contributed by atoms with Crippen LogP contribution in [0.1, 0.15) is 37.7 Å². The van der Waals surface area contributed by atoms with Crippen LogP contribution in [-0.2, 0) is 16.6 Å². The second-order valence-corrected chi connectivity index (χ2v) is 6.56. The van der Waals surface area contributed by atoms with Crippen molar-refractivity contribution in [2.24, 2.45) is 5.92 Å². The van der Waals surface area contributed by atoms with Crippen molar-refractivity contribution in [2.75, 3.05) is 5.75 Å². The maximum Gasteiger partial charge on any atom is 0.212 e. The van der Waals surface area contributed by atoms with Gasteiger partial charge in [0.25, 0.3) is 0 Å². The molecule has 0 radical (unpaired) electrons. The third-order valence-corrected chi connectivity index (χ3v) is 4.73. The molecule has 0 bridgehead atoms. The molecular formula is C11H19N3O2S. The monoisotopic (exact) mass is 257 g/mol. The Hall–Kier alpha value is -0.880. The summed E-state index contributed by atoms with van der Waals surface area (Å²) in [5.74, 6) is 0.607. The minimum atomic E-state index is -3.15. The number of nitrogens with one attached hydrogen (secondary N) is 2. The van der Waals surface area contributed by atoms with Crippen LogP contribution in [0.5, 0.6) is 0 Å². The Bertz CT molecular complexity index is 422. The highest BCUT2D eigenvalue weighted by Gasteiger charge is 2.20. The van der Waals surface area contributed by atoms with Gasteiger partial charge in [-0.2, -0.15) is 5.10 Å². The summed E-state index contributed by atoms with van der Waals surface area (Å²) in [6, 6.07) is 0. The third-order valence-electron chi connectivity index (χ3n) is 3.23. The van der Waals surface area contributed by atoms with Gasteiger partial charge in [0.15, 0.2) is 0 Å². The van der Waals surface area contributed by atoms with Gasteiger partial charge in [-0.3, -0.25) is 5.10 Å². The lowest BCUT2D eigenvalue weighted by Gasteiger charge is -2.21. The molecule has 0 saturated heterocycles. The first-order chi connectivity index (χ1) is 8.16. The minimum Gasteiger partial charge on any atom is -0.285 e. The van der Waals surface area contributed by atoms with Crippen molar-refractivity contribution in [3.63, 3.8) is 0 Å². The largest absolute Gasteiger partial charge is 0.285 e. The molecular weight excluding hydrogens is 238 g/mol. The summed E-state index contributed by atoms with van der Waals surface area (Å²) < 4.78 is 26.3. The number of aromatic nitrogens is 2. The van der Waals surface area contributed by atoms with Crippen LogP contribution in [0.4, 0.5) is 0 Å². The second kappa shape index (κ2) is 5.64. The van der Waals surface area contributed by atoms with E-state index >= 15 is 0 Å². The van der Waals surface area contributed by atoms with Crippen molar-refractivity contribution in [1.82, 2.24) is 14.9 Å². The van der Waals surface area contributed by atoms with E-state index in [-0.39, 0.29) is 5.75 Å². The molecule has 1 aromatic heterocycles. The van der Waals surface area contributed by atoms with E-state index in [1.807, 2.05) is 0 Å². The van der Waals surface area contributed by atoms with Crippen molar-refractivity contribution < 1.29 is 8.42 Å². The van der Waals surface area contributed by atoms with Gasteiger partial charge in [-0.05, 0) is 18.8 Å². The average Bonchev–Trinajstić information content (AvgIpc) is 2.80. The Balaban J connectivity index is 1.81. The van der Waals surface area contributed by atoms with Gasteiger partial charge in [0.1, 0.15) is 0 Å². The van der Waals surface area contributed by atoms with E-state index in [2.05, 4.69) is 14.9 Å². The number of hydrogen-bond acceptors (Lipinski definition) is 3. The molecule has 17 heavy (non-hydrogen) atoms. The van der Waals surface area contributed by atoms with Crippen LogP contribution in [0.15, 0.2) is 12.4 Å². The lowest BCUT2D eigenvalue weighted by atomic mass is 9.91. The first-order valence-electron chi connectivity index (χ1n) is 6.11. The number of rotatable bonds is 5. The molecule has 0 atom stereocenters. The maximum absolute atomic E-state index is 11.9. The lowest BCUT2D eigenvalue weighted by Crippen LogP contribution is -2.30. The molecule has 1 saturated carbocycles. The van der Waals surface area contributed by atoms with Crippen molar-refractivity contribution in [1.29, 1.82) is 0 Å². The highest BCUT2D eigenvalue weighted by atomic mass is 32.2. The normalized spacial score (nSPS) is 18.4. The van der Waals surface area contributed by atoms with Crippen molar-refractivity contribution >= 4 is 10.0 Å². The standard InChI is InChI=1S/C11H19N3O2S/c15-17(16,9-10-4-2-1-3-5-10)14-8-11-6-12-13-7-11/h6-7,10,14H,1-5,8-9H2,(H,12,13). The summed E-state index contributed by atoms with van der Waals surface area (Å²) in [6.07, 6.45) is 9.01. The fourth-order valence-corrected chi connectivity index (χ4v) is 3.75. The Morgan fingerprint density at radius 1 is 1.35 bits per heavy atom. The van der Waals surface area contributed by atoms with Gasteiger partial charge in [0.05, 0.1) is 11.9 Å². The maximum atomic E-state index is 11.9. The fraction of sp³-hybridized carbons (Fsp3) is 0.727. The summed E-state index contributed by atoms with van der Waals surface area (Å²) in [6.45, 7) is 0.325. The van der Waals surface area contributed by atoms with Gasteiger partial charge in [-0.25, -0.2) is 13.1 Å². The van der Waals surface area contributed by atoms with Gasteiger partial charge in [-0.1, -0.05) is 19.3 Å². The molecule has 0 amide bonds. The first-order valence-corrected chi connectivity index (χ1v) is 7.76. The molecule has 2 rings (SSSR count). The number of H-pyrrole nitrogens is 1. The SMILES string of the molecule is O=S(=O)(CC1CCCCC1)NCc1cn[nH]c1. The molecule has 2 N–H and O–H groups in total. The minimum absolute atomic E-state index is 0.269. The summed E-state index contributed by atoms with van der Waals surface area (Å²) in [5.41, 5.74) is 0.859. The summed E-state index contributed by atoms with van der Waals surface area (Å²) in [5, 5.41) is 6.44. The van der Waals surface area contributed by atoms with E-state index in [0.29, 0.717) is 12.5 Å². The molecule has 0 spiro atoms. The van der Waals surface area contributed by atoms with E-state index < -0.39 is 10.0 Å². The van der Waals surface area contributed by atoms with E-state index in [1.54, 1.807) is 12.4 Å². The molecule has 0 aliphatic heterocycles. The second-order valence-electron chi connectivity index (χ2n) is 4.71. The summed E-state index contributed by atoms with van der Waals surface area (Å²) >= 11 is 0. The number of hydrogen-bond donors (Lipinski definition) is 2. The van der Waals surface area contributed by atoms with E-state index in [4.69, 9.17) is 0 Å². The smallest absolute Gasteiger partial charge is 0.212 e. The van der Waals surface area contributed by atoms with Crippen LogP contribution in [-0.4, -0.2) is 24.4 Å². The number of sulfonamides is 1. The molecule has 1 aromatic rings. The molecule has 1 aliphatic rings. The van der Waals surface area contributed by atoms with Crippen LogP contribution in [0.25, 0.3) is 0 Å². The zero-order chi connectivity index (χ0) is 12.1. The topological polar surface area (TPSA) is 74.8 Å². The Morgan fingerprint density at radius 3 is 2.76 bits per heavy atom. The van der Waals surface area contributed by atoms with Gasteiger partial charge < -0.3 is 0 Å². The Morgan fingerprint density at radius 2 is 2.12 bits per heavy atom. The van der Waals surface area contributed by atoms with Gasteiger partial charge in [0, 0.05) is 18.3 Å². The highest BCUT2D eigenvalue weighted by Crippen LogP contribution is 2.24. The van der Waals surface area contributed by atoms with Crippen molar-refractivity contribution in [3.05, 3.63) is 18.0 Å². The summed E-state index contributed by atoms with van der Waals surface area (Å²) in [4.78, 5) is 0. The predicted molar refractivity (Wildman–Crippen MR) is 65.8 cm³/mol. The molecule has 0 unspecified atom stereocenters. The van der Waals surface area contributed by atoms with E-state index in [0.717, 1.165) is 18.4 Å². The quantitative estimate of drug-likeness (QED) is 0.837. The first kappa shape index (κ1) is 12.6. The highest BCUT2D eigenvalue weighted by molar-refractivity contribution is 7.89. The van der Waals surface area contributed by atoms with Gasteiger partial charge in [-0.15, -0.1) is 0 Å². The molecule has 1 aliphatic carbocycles. The van der Waals surface area contributed by atoms with Crippen LogP contribution in [0.3, 0.4) is 0 Å². The predicted octanol–water partition coefficient (Wildman–Crippen LogP) is 1.41. The molecule has 96 valence electrons. The zero-order valence-electron chi connectivity index (χ0n) is 9.85. The molecule has 0 aromatic carbocycles. The molecule has 5 nitrogen and oxygen atoms in total. The van der Waals surface area contributed by atoms with E-state index in [9.17, 15) is 8.42 Å². The fourth-order valence-electron chi connectivity index (χ4n) is 2.29. The van der Waals surface area contributed by atoms with Crippen molar-refractivity contribution in [3.8, 4) is 0 Å². The van der Waals surface area contributed by atoms with E-state index in [1.165, 1.54) is 19.3 Å². The Kier molecular flexibility index (Phi) is 4.17. The molecule has 1 fully saturated rings. The van der Waals surface area contributed by atoms with Crippen LogP contribution in [0.2, 0.25) is 0 Å². The lowest BCUT2D eigenvalue weighted by molar-refractivity contribution is 0.384. The average molecular weight is 257 g/mol. The van der Waals surface area contributed by atoms with Crippen LogP contribution < -0.4 is 4.72 Å². The molecule has 6 heteroatoms. The summed E-state index contributed by atoms with van der Waals surface area (Å²) in [7, 11) is -3.15. The Labute approximate surface area is 102 Å². The van der Waals surface area contributed by atoms with Gasteiger partial charge >= 0.3 is 0 Å². The van der Waals surface area contributed by atoms with Gasteiger partial charge in [0.2, 0.25) is 10.0 Å². The zero-order valence-corrected chi connectivity index (χ0v) is 10.7. The number of nitrogens with zero attached hydrogens (tertiary/aromatic N) is 1. The van der Waals surface area contributed by atoms with Crippen LogP contribution in [0, 0.1) is 5.92 Å². The molecule has 1 heterocycles.